The Morgan fingerprint density at radius 2 is 1.70 bits per heavy atom. The summed E-state index contributed by atoms with van der Waals surface area (Å²) in [4.78, 5) is 32.4. The summed E-state index contributed by atoms with van der Waals surface area (Å²) in [5.41, 5.74) is 1.16. The molecule has 4 heteroatoms. The smallest absolute Gasteiger partial charge is 0.298 e. The van der Waals surface area contributed by atoms with E-state index < -0.39 is 11.9 Å². The van der Waals surface area contributed by atoms with Crippen molar-refractivity contribution < 1.29 is 19.4 Å². The van der Waals surface area contributed by atoms with Crippen LogP contribution < -0.4 is 4.89 Å². The molecule has 0 fully saturated rings. The molecule has 0 aliphatic carbocycles. The minimum Gasteiger partial charge on any atom is -0.298 e. The number of carbonyl (C=O) groups excluding carboxylic acids is 2. The first-order valence-corrected chi connectivity index (χ1v) is 6.20. The standard InChI is InChI=1S/C16H14O4/c1-12(13-7-3-2-4-8-13)16(18)20-19-15-10-6-5-9-14(15)11-17/h2-12H,1H3. The van der Waals surface area contributed by atoms with E-state index in [0.29, 0.717) is 11.8 Å². The summed E-state index contributed by atoms with van der Waals surface area (Å²) in [5.74, 6) is -0.743. The monoisotopic (exact) mass is 270 g/mol. The first-order valence-electron chi connectivity index (χ1n) is 6.20. The fourth-order valence-electron chi connectivity index (χ4n) is 1.69. The van der Waals surface area contributed by atoms with Gasteiger partial charge >= 0.3 is 5.97 Å². The van der Waals surface area contributed by atoms with Crippen LogP contribution in [0.1, 0.15) is 28.8 Å². The van der Waals surface area contributed by atoms with Crippen LogP contribution in [-0.2, 0) is 9.68 Å². The lowest BCUT2D eigenvalue weighted by molar-refractivity contribution is -0.215. The van der Waals surface area contributed by atoms with Crippen LogP contribution >= 0.6 is 0 Å². The second-order valence-corrected chi connectivity index (χ2v) is 4.27. The summed E-state index contributed by atoms with van der Waals surface area (Å²) in [6.45, 7) is 1.73. The highest BCUT2D eigenvalue weighted by Gasteiger charge is 2.18. The zero-order chi connectivity index (χ0) is 14.4. The Morgan fingerprint density at radius 3 is 2.40 bits per heavy atom. The summed E-state index contributed by atoms with van der Waals surface area (Å²) >= 11 is 0. The van der Waals surface area contributed by atoms with Gasteiger partial charge in [-0.15, -0.1) is 0 Å². The van der Waals surface area contributed by atoms with Gasteiger partial charge in [-0.05, 0) is 24.6 Å². The predicted molar refractivity (Wildman–Crippen MR) is 73.4 cm³/mol. The van der Waals surface area contributed by atoms with Gasteiger partial charge < -0.3 is 0 Å². The van der Waals surface area contributed by atoms with E-state index in [1.165, 1.54) is 0 Å². The molecular formula is C16H14O4. The predicted octanol–water partition coefficient (Wildman–Crippen LogP) is 3.14. The van der Waals surface area contributed by atoms with Crippen molar-refractivity contribution in [2.24, 2.45) is 0 Å². The van der Waals surface area contributed by atoms with Gasteiger partial charge in [0.15, 0.2) is 12.0 Å². The second kappa shape index (κ2) is 6.52. The van der Waals surface area contributed by atoms with E-state index in [0.717, 1.165) is 5.56 Å². The van der Waals surface area contributed by atoms with Gasteiger partial charge in [-0.2, -0.15) is 0 Å². The molecule has 0 spiro atoms. The molecule has 0 aliphatic heterocycles. The Bertz CT molecular complexity index is 592. The lowest BCUT2D eigenvalue weighted by Gasteiger charge is -2.11. The molecule has 0 aromatic heterocycles. The molecular weight excluding hydrogens is 256 g/mol. The minimum absolute atomic E-state index is 0.219. The van der Waals surface area contributed by atoms with Gasteiger partial charge in [-0.25, -0.2) is 9.68 Å². The molecule has 1 unspecified atom stereocenters. The van der Waals surface area contributed by atoms with Gasteiger partial charge in [0.2, 0.25) is 0 Å². The van der Waals surface area contributed by atoms with Crippen molar-refractivity contribution in [1.82, 2.24) is 0 Å². The molecule has 0 aliphatic rings. The molecule has 102 valence electrons. The van der Waals surface area contributed by atoms with Gasteiger partial charge in [-0.3, -0.25) is 9.68 Å². The Morgan fingerprint density at radius 1 is 1.05 bits per heavy atom. The zero-order valence-electron chi connectivity index (χ0n) is 11.0. The molecule has 0 amide bonds. The molecule has 0 saturated heterocycles. The fourth-order valence-corrected chi connectivity index (χ4v) is 1.69. The van der Waals surface area contributed by atoms with E-state index in [4.69, 9.17) is 9.78 Å². The molecule has 0 saturated carbocycles. The van der Waals surface area contributed by atoms with E-state index in [1.54, 1.807) is 31.2 Å². The number of para-hydroxylation sites is 1. The van der Waals surface area contributed by atoms with Crippen LogP contribution in [0.25, 0.3) is 0 Å². The van der Waals surface area contributed by atoms with Crippen molar-refractivity contribution in [1.29, 1.82) is 0 Å². The van der Waals surface area contributed by atoms with Crippen molar-refractivity contribution >= 4 is 12.3 Å². The summed E-state index contributed by atoms with van der Waals surface area (Å²) in [5, 5.41) is 0. The third-order valence-electron chi connectivity index (χ3n) is 2.91. The maximum atomic E-state index is 11.9. The van der Waals surface area contributed by atoms with Crippen LogP contribution in [0.3, 0.4) is 0 Å². The lowest BCUT2D eigenvalue weighted by Crippen LogP contribution is -2.15. The van der Waals surface area contributed by atoms with Crippen LogP contribution in [0.2, 0.25) is 0 Å². The van der Waals surface area contributed by atoms with Gasteiger partial charge in [0, 0.05) is 0 Å². The largest absolute Gasteiger partial charge is 0.362 e. The first-order chi connectivity index (χ1) is 9.72. The molecule has 0 radical (unpaired) electrons. The number of hydrogen-bond donors (Lipinski definition) is 0. The van der Waals surface area contributed by atoms with Crippen molar-refractivity contribution in [3.63, 3.8) is 0 Å². The maximum Gasteiger partial charge on any atom is 0.362 e. The summed E-state index contributed by atoms with van der Waals surface area (Å²) in [6.07, 6.45) is 0.643. The van der Waals surface area contributed by atoms with Crippen molar-refractivity contribution in [3.8, 4) is 5.75 Å². The Kier molecular flexibility index (Phi) is 4.50. The van der Waals surface area contributed by atoms with E-state index in [9.17, 15) is 9.59 Å². The van der Waals surface area contributed by atoms with Crippen LogP contribution in [0.5, 0.6) is 5.75 Å². The molecule has 2 aromatic carbocycles. The van der Waals surface area contributed by atoms with Gasteiger partial charge in [-0.1, -0.05) is 42.5 Å². The third-order valence-corrected chi connectivity index (χ3v) is 2.91. The van der Waals surface area contributed by atoms with Crippen molar-refractivity contribution in [2.75, 3.05) is 0 Å². The highest BCUT2D eigenvalue weighted by molar-refractivity contribution is 5.80. The van der Waals surface area contributed by atoms with E-state index in [1.807, 2.05) is 30.3 Å². The van der Waals surface area contributed by atoms with E-state index in [-0.39, 0.29) is 5.75 Å². The summed E-state index contributed by atoms with van der Waals surface area (Å²) in [6, 6.07) is 15.8. The molecule has 2 aromatic rings. The topological polar surface area (TPSA) is 52.6 Å². The summed E-state index contributed by atoms with van der Waals surface area (Å²) < 4.78 is 0. The maximum absolute atomic E-state index is 11.9. The van der Waals surface area contributed by atoms with E-state index in [2.05, 4.69) is 0 Å². The number of rotatable bonds is 5. The highest BCUT2D eigenvalue weighted by atomic mass is 17.2. The number of carbonyl (C=O) groups is 2. The highest BCUT2D eigenvalue weighted by Crippen LogP contribution is 2.19. The molecule has 4 nitrogen and oxygen atoms in total. The van der Waals surface area contributed by atoms with Gasteiger partial charge in [0.05, 0.1) is 11.5 Å². The zero-order valence-corrected chi connectivity index (χ0v) is 11.0. The molecule has 0 N–H and O–H groups in total. The van der Waals surface area contributed by atoms with E-state index >= 15 is 0 Å². The quantitative estimate of drug-likeness (QED) is 0.476. The number of aldehydes is 1. The van der Waals surface area contributed by atoms with Crippen LogP contribution in [0, 0.1) is 0 Å². The first kappa shape index (κ1) is 13.8. The molecule has 0 bridgehead atoms. The minimum atomic E-state index is -0.517. The van der Waals surface area contributed by atoms with Gasteiger partial charge in [0.1, 0.15) is 0 Å². The van der Waals surface area contributed by atoms with Crippen LogP contribution in [-0.4, -0.2) is 12.3 Å². The van der Waals surface area contributed by atoms with Crippen LogP contribution in [0.4, 0.5) is 0 Å². The molecule has 2 rings (SSSR count). The SMILES string of the molecule is CC(C(=O)OOc1ccccc1C=O)c1ccccc1. The average Bonchev–Trinajstić information content (AvgIpc) is 2.53. The molecule has 20 heavy (non-hydrogen) atoms. The van der Waals surface area contributed by atoms with Gasteiger partial charge in [0.25, 0.3) is 0 Å². The fraction of sp³-hybridized carbons (Fsp3) is 0.125. The Labute approximate surface area is 116 Å². The third kappa shape index (κ3) is 3.23. The Balaban J connectivity index is 2.00. The lowest BCUT2D eigenvalue weighted by atomic mass is 10.0. The van der Waals surface area contributed by atoms with Crippen molar-refractivity contribution in [3.05, 3.63) is 65.7 Å². The normalized spacial score (nSPS) is 11.4. The second-order valence-electron chi connectivity index (χ2n) is 4.27. The Hall–Kier alpha value is -2.62. The number of benzene rings is 2. The van der Waals surface area contributed by atoms with Crippen LogP contribution in [0.15, 0.2) is 54.6 Å². The molecule has 0 heterocycles. The average molecular weight is 270 g/mol. The van der Waals surface area contributed by atoms with Crippen molar-refractivity contribution in [2.45, 2.75) is 12.8 Å². The summed E-state index contributed by atoms with van der Waals surface area (Å²) in [7, 11) is 0. The molecule has 1 atom stereocenters. The number of hydrogen-bond acceptors (Lipinski definition) is 4.